The maximum Gasteiger partial charge on any atom is 0.251 e. The summed E-state index contributed by atoms with van der Waals surface area (Å²) < 4.78 is 0. The Bertz CT molecular complexity index is 481. The molecule has 2 rings (SSSR count). The van der Waals surface area contributed by atoms with Crippen LogP contribution in [0.15, 0.2) is 29.9 Å². The van der Waals surface area contributed by atoms with Crippen molar-refractivity contribution in [3.05, 3.63) is 46.2 Å². The van der Waals surface area contributed by atoms with Crippen LogP contribution in [0.25, 0.3) is 0 Å². The largest absolute Gasteiger partial charge is 0.346 e. The first-order chi connectivity index (χ1) is 7.75. The summed E-state index contributed by atoms with van der Waals surface area (Å²) in [5.41, 5.74) is 1.60. The van der Waals surface area contributed by atoms with Gasteiger partial charge in [0, 0.05) is 29.0 Å². The maximum absolute atomic E-state index is 11.7. The van der Waals surface area contributed by atoms with Gasteiger partial charge in [-0.25, -0.2) is 4.98 Å². The minimum absolute atomic E-state index is 0.102. The van der Waals surface area contributed by atoms with E-state index in [-0.39, 0.29) is 5.91 Å². The zero-order valence-corrected chi connectivity index (χ0v) is 9.62. The molecule has 0 aliphatic rings. The van der Waals surface area contributed by atoms with Crippen molar-refractivity contribution in [2.45, 2.75) is 13.5 Å². The van der Waals surface area contributed by atoms with Gasteiger partial charge < -0.3 is 5.32 Å². The fraction of sp³-hybridized carbons (Fsp3) is 0.182. The Labute approximate surface area is 97.4 Å². The normalized spacial score (nSPS) is 10.1. The summed E-state index contributed by atoms with van der Waals surface area (Å²) in [7, 11) is 0. The zero-order chi connectivity index (χ0) is 11.4. The number of thiazole rings is 1. The molecular weight excluding hydrogens is 222 g/mol. The molecule has 0 aromatic carbocycles. The summed E-state index contributed by atoms with van der Waals surface area (Å²) in [6.45, 7) is 2.41. The number of nitrogens with one attached hydrogen (secondary N) is 1. The third kappa shape index (κ3) is 2.64. The molecule has 2 aromatic heterocycles. The summed E-state index contributed by atoms with van der Waals surface area (Å²) in [5.74, 6) is -0.102. The van der Waals surface area contributed by atoms with Crippen LogP contribution >= 0.6 is 11.3 Å². The number of hydrogen-bond acceptors (Lipinski definition) is 4. The number of carbonyl (C=O) groups excluding carboxylic acids is 1. The van der Waals surface area contributed by atoms with E-state index in [0.29, 0.717) is 12.1 Å². The van der Waals surface area contributed by atoms with Crippen LogP contribution in [0.4, 0.5) is 0 Å². The lowest BCUT2D eigenvalue weighted by molar-refractivity contribution is 0.0950. The molecule has 16 heavy (non-hydrogen) atoms. The minimum atomic E-state index is -0.102. The van der Waals surface area contributed by atoms with Crippen LogP contribution in [0.2, 0.25) is 0 Å². The number of aromatic nitrogens is 2. The fourth-order valence-corrected chi connectivity index (χ4v) is 1.96. The molecule has 0 aliphatic carbocycles. The number of carbonyl (C=O) groups is 1. The molecule has 4 nitrogen and oxygen atoms in total. The number of pyridine rings is 1. The van der Waals surface area contributed by atoms with Crippen LogP contribution in [-0.4, -0.2) is 15.9 Å². The highest BCUT2D eigenvalue weighted by molar-refractivity contribution is 7.09. The predicted molar refractivity (Wildman–Crippen MR) is 62.3 cm³/mol. The zero-order valence-electron chi connectivity index (χ0n) is 8.80. The highest BCUT2D eigenvalue weighted by atomic mass is 32.1. The van der Waals surface area contributed by atoms with E-state index >= 15 is 0 Å². The smallest absolute Gasteiger partial charge is 0.251 e. The molecular formula is C11H11N3OS. The van der Waals surface area contributed by atoms with E-state index in [0.717, 1.165) is 10.7 Å². The number of nitrogens with zero attached hydrogens (tertiary/aromatic N) is 2. The Hall–Kier alpha value is -1.75. The van der Waals surface area contributed by atoms with Crippen molar-refractivity contribution in [1.82, 2.24) is 15.3 Å². The average molecular weight is 233 g/mol. The van der Waals surface area contributed by atoms with Crippen LogP contribution in [0.1, 0.15) is 21.1 Å². The fourth-order valence-electron chi connectivity index (χ4n) is 1.25. The molecule has 0 atom stereocenters. The van der Waals surface area contributed by atoms with E-state index in [1.165, 1.54) is 0 Å². The van der Waals surface area contributed by atoms with E-state index in [1.807, 2.05) is 12.3 Å². The van der Waals surface area contributed by atoms with Crippen LogP contribution < -0.4 is 5.32 Å². The first-order valence-electron chi connectivity index (χ1n) is 4.85. The molecule has 0 fully saturated rings. The summed E-state index contributed by atoms with van der Waals surface area (Å²) in [6, 6.07) is 3.37. The van der Waals surface area contributed by atoms with Crippen molar-refractivity contribution in [3.63, 3.8) is 0 Å². The van der Waals surface area contributed by atoms with Gasteiger partial charge in [-0.1, -0.05) is 0 Å². The summed E-state index contributed by atoms with van der Waals surface area (Å²) in [6.07, 6.45) is 3.20. The third-order valence-electron chi connectivity index (χ3n) is 2.01. The van der Waals surface area contributed by atoms with Crippen molar-refractivity contribution in [3.8, 4) is 0 Å². The maximum atomic E-state index is 11.7. The molecule has 82 valence electrons. The van der Waals surface area contributed by atoms with Gasteiger partial charge in [0.1, 0.15) is 5.01 Å². The monoisotopic (exact) mass is 233 g/mol. The number of hydrogen-bond donors (Lipinski definition) is 1. The molecule has 1 amide bonds. The Morgan fingerprint density at radius 2 is 2.19 bits per heavy atom. The molecule has 2 heterocycles. The molecule has 5 heteroatoms. The Kier molecular flexibility index (Phi) is 3.26. The second-order valence-corrected chi connectivity index (χ2v) is 4.24. The number of amides is 1. The molecule has 0 unspecified atom stereocenters. The van der Waals surface area contributed by atoms with E-state index in [2.05, 4.69) is 15.3 Å². The van der Waals surface area contributed by atoms with Crippen LogP contribution in [0.5, 0.6) is 0 Å². The first-order valence-corrected chi connectivity index (χ1v) is 5.73. The van der Waals surface area contributed by atoms with Gasteiger partial charge in [-0.05, 0) is 19.1 Å². The third-order valence-corrected chi connectivity index (χ3v) is 2.98. The van der Waals surface area contributed by atoms with Gasteiger partial charge in [-0.3, -0.25) is 9.78 Å². The summed E-state index contributed by atoms with van der Waals surface area (Å²) in [5, 5.41) is 5.69. The van der Waals surface area contributed by atoms with E-state index in [9.17, 15) is 4.79 Å². The second-order valence-electron chi connectivity index (χ2n) is 3.30. The molecule has 2 aromatic rings. The molecule has 0 saturated heterocycles. The lowest BCUT2D eigenvalue weighted by Crippen LogP contribution is -2.22. The van der Waals surface area contributed by atoms with Gasteiger partial charge in [0.2, 0.25) is 0 Å². The highest BCUT2D eigenvalue weighted by Gasteiger charge is 2.05. The van der Waals surface area contributed by atoms with Gasteiger partial charge in [0.05, 0.1) is 6.54 Å². The summed E-state index contributed by atoms with van der Waals surface area (Å²) >= 11 is 1.55. The lowest BCUT2D eigenvalue weighted by Gasteiger charge is -2.01. The molecule has 0 radical (unpaired) electrons. The standard InChI is InChI=1S/C11H11N3OS/c1-8-7-16-10(14-8)6-13-11(15)9-2-4-12-5-3-9/h2-5,7H,6H2,1H3,(H,13,15). The minimum Gasteiger partial charge on any atom is -0.346 e. The lowest BCUT2D eigenvalue weighted by atomic mass is 10.2. The molecule has 0 aliphatic heterocycles. The van der Waals surface area contributed by atoms with Gasteiger partial charge in [-0.2, -0.15) is 0 Å². The number of rotatable bonds is 3. The topological polar surface area (TPSA) is 54.9 Å². The molecule has 0 bridgehead atoms. The van der Waals surface area contributed by atoms with Gasteiger partial charge >= 0.3 is 0 Å². The van der Waals surface area contributed by atoms with Gasteiger partial charge in [0.25, 0.3) is 5.91 Å². The van der Waals surface area contributed by atoms with Crippen molar-refractivity contribution in [2.24, 2.45) is 0 Å². The van der Waals surface area contributed by atoms with Gasteiger partial charge in [-0.15, -0.1) is 11.3 Å². The van der Waals surface area contributed by atoms with Crippen molar-refractivity contribution in [1.29, 1.82) is 0 Å². The second kappa shape index (κ2) is 4.85. The van der Waals surface area contributed by atoms with E-state index in [1.54, 1.807) is 35.9 Å². The first kappa shape index (κ1) is 10.8. The number of aryl methyl sites for hydroxylation is 1. The predicted octanol–water partition coefficient (Wildman–Crippen LogP) is 1.78. The SMILES string of the molecule is Cc1csc(CNC(=O)c2ccncc2)n1. The molecule has 0 saturated carbocycles. The van der Waals surface area contributed by atoms with E-state index in [4.69, 9.17) is 0 Å². The molecule has 0 spiro atoms. The highest BCUT2D eigenvalue weighted by Crippen LogP contribution is 2.08. The Morgan fingerprint density at radius 1 is 1.44 bits per heavy atom. The van der Waals surface area contributed by atoms with Crippen LogP contribution in [-0.2, 0) is 6.54 Å². The van der Waals surface area contributed by atoms with E-state index < -0.39 is 0 Å². The van der Waals surface area contributed by atoms with Crippen molar-refractivity contribution < 1.29 is 4.79 Å². The average Bonchev–Trinajstić information content (AvgIpc) is 2.73. The Balaban J connectivity index is 1.94. The quantitative estimate of drug-likeness (QED) is 0.879. The summed E-state index contributed by atoms with van der Waals surface area (Å²) in [4.78, 5) is 19.8. The van der Waals surface area contributed by atoms with Crippen LogP contribution in [0.3, 0.4) is 0 Å². The van der Waals surface area contributed by atoms with Crippen molar-refractivity contribution >= 4 is 17.2 Å². The Morgan fingerprint density at radius 3 is 2.81 bits per heavy atom. The van der Waals surface area contributed by atoms with Gasteiger partial charge in [0.15, 0.2) is 0 Å². The van der Waals surface area contributed by atoms with Crippen molar-refractivity contribution in [2.75, 3.05) is 0 Å². The van der Waals surface area contributed by atoms with Crippen LogP contribution in [0, 0.1) is 6.92 Å². The molecule has 1 N–H and O–H groups in total.